The topological polar surface area (TPSA) is 75.2 Å². The SMILES string of the molecule is CC(Nc1ncnc(Cl)c1C=O)C(=O)N1CCCC1. The van der Waals surface area contributed by atoms with Crippen molar-refractivity contribution in [3.8, 4) is 0 Å². The molecule has 2 rings (SSSR count). The van der Waals surface area contributed by atoms with Gasteiger partial charge in [-0.05, 0) is 19.8 Å². The highest BCUT2D eigenvalue weighted by atomic mass is 35.5. The number of aromatic nitrogens is 2. The molecule has 1 fully saturated rings. The summed E-state index contributed by atoms with van der Waals surface area (Å²) in [6.45, 7) is 3.32. The van der Waals surface area contributed by atoms with Crippen molar-refractivity contribution in [3.63, 3.8) is 0 Å². The van der Waals surface area contributed by atoms with E-state index < -0.39 is 6.04 Å². The molecule has 2 heterocycles. The lowest BCUT2D eigenvalue weighted by Gasteiger charge is -2.21. The summed E-state index contributed by atoms with van der Waals surface area (Å²) in [5, 5.41) is 3.00. The van der Waals surface area contributed by atoms with Crippen LogP contribution in [0.15, 0.2) is 6.33 Å². The van der Waals surface area contributed by atoms with Gasteiger partial charge in [-0.1, -0.05) is 11.6 Å². The van der Waals surface area contributed by atoms with Crippen LogP contribution in [-0.4, -0.2) is 46.2 Å². The summed E-state index contributed by atoms with van der Waals surface area (Å²) in [6.07, 6.45) is 3.91. The summed E-state index contributed by atoms with van der Waals surface area (Å²) >= 11 is 5.80. The molecule has 1 saturated heterocycles. The van der Waals surface area contributed by atoms with Crippen LogP contribution in [0.4, 0.5) is 5.82 Å². The summed E-state index contributed by atoms with van der Waals surface area (Å²) in [7, 11) is 0. The van der Waals surface area contributed by atoms with E-state index in [2.05, 4.69) is 15.3 Å². The van der Waals surface area contributed by atoms with Gasteiger partial charge in [-0.3, -0.25) is 9.59 Å². The van der Waals surface area contributed by atoms with Crippen molar-refractivity contribution in [1.29, 1.82) is 0 Å². The van der Waals surface area contributed by atoms with Gasteiger partial charge in [0.1, 0.15) is 23.3 Å². The number of halogens is 1. The maximum absolute atomic E-state index is 12.1. The first-order chi connectivity index (χ1) is 9.13. The van der Waals surface area contributed by atoms with Crippen LogP contribution in [0.25, 0.3) is 0 Å². The van der Waals surface area contributed by atoms with Gasteiger partial charge in [-0.25, -0.2) is 9.97 Å². The third-order valence-electron chi connectivity index (χ3n) is 3.09. The number of carbonyl (C=O) groups excluding carboxylic acids is 2. The number of likely N-dealkylation sites (tertiary alicyclic amines) is 1. The van der Waals surface area contributed by atoms with Crippen LogP contribution in [0.3, 0.4) is 0 Å². The van der Waals surface area contributed by atoms with Gasteiger partial charge in [0, 0.05) is 13.1 Å². The molecule has 0 aromatic carbocycles. The lowest BCUT2D eigenvalue weighted by molar-refractivity contribution is -0.130. The monoisotopic (exact) mass is 282 g/mol. The van der Waals surface area contributed by atoms with Gasteiger partial charge in [0.15, 0.2) is 6.29 Å². The number of hydrogen-bond donors (Lipinski definition) is 1. The first-order valence-electron chi connectivity index (χ1n) is 6.14. The molecule has 1 N–H and O–H groups in total. The molecule has 1 aliphatic heterocycles. The van der Waals surface area contributed by atoms with Crippen LogP contribution < -0.4 is 5.32 Å². The molecule has 102 valence electrons. The third kappa shape index (κ3) is 3.01. The van der Waals surface area contributed by atoms with E-state index in [1.807, 2.05) is 0 Å². The van der Waals surface area contributed by atoms with Gasteiger partial charge in [0.25, 0.3) is 0 Å². The second-order valence-electron chi connectivity index (χ2n) is 4.44. The zero-order valence-electron chi connectivity index (χ0n) is 10.6. The van der Waals surface area contributed by atoms with E-state index >= 15 is 0 Å². The number of amides is 1. The van der Waals surface area contributed by atoms with E-state index in [0.717, 1.165) is 25.9 Å². The average Bonchev–Trinajstić information content (AvgIpc) is 2.92. The van der Waals surface area contributed by atoms with Crippen molar-refractivity contribution in [2.75, 3.05) is 18.4 Å². The van der Waals surface area contributed by atoms with E-state index in [4.69, 9.17) is 11.6 Å². The summed E-state index contributed by atoms with van der Waals surface area (Å²) in [6, 6.07) is -0.456. The minimum Gasteiger partial charge on any atom is -0.358 e. The average molecular weight is 283 g/mol. The Morgan fingerprint density at radius 1 is 1.47 bits per heavy atom. The Balaban J connectivity index is 2.10. The summed E-state index contributed by atoms with van der Waals surface area (Å²) in [5.41, 5.74) is 0.172. The maximum atomic E-state index is 12.1. The van der Waals surface area contributed by atoms with Crippen molar-refractivity contribution >= 4 is 29.6 Å². The molecule has 1 amide bonds. The molecular formula is C12H15ClN4O2. The highest BCUT2D eigenvalue weighted by molar-refractivity contribution is 6.32. The number of anilines is 1. The molecule has 0 bridgehead atoms. The van der Waals surface area contributed by atoms with Crippen LogP contribution in [0.1, 0.15) is 30.1 Å². The Morgan fingerprint density at radius 2 is 2.16 bits per heavy atom. The Hall–Kier alpha value is -1.69. The lowest BCUT2D eigenvalue weighted by atomic mass is 10.2. The smallest absolute Gasteiger partial charge is 0.244 e. The molecular weight excluding hydrogens is 268 g/mol. The zero-order chi connectivity index (χ0) is 13.8. The molecule has 1 aliphatic rings. The molecule has 1 aromatic heterocycles. The van der Waals surface area contributed by atoms with Crippen molar-refractivity contribution in [3.05, 3.63) is 17.0 Å². The highest BCUT2D eigenvalue weighted by Crippen LogP contribution is 2.19. The normalized spacial score (nSPS) is 16.2. The number of nitrogens with zero attached hydrogens (tertiary/aromatic N) is 3. The molecule has 0 aliphatic carbocycles. The molecule has 0 spiro atoms. The van der Waals surface area contributed by atoms with E-state index in [9.17, 15) is 9.59 Å². The van der Waals surface area contributed by atoms with Crippen LogP contribution in [0, 0.1) is 0 Å². The molecule has 0 radical (unpaired) electrons. The van der Waals surface area contributed by atoms with Gasteiger partial charge >= 0.3 is 0 Å². The van der Waals surface area contributed by atoms with Crippen LogP contribution >= 0.6 is 11.6 Å². The molecule has 7 heteroatoms. The fourth-order valence-corrected chi connectivity index (χ4v) is 2.25. The second-order valence-corrected chi connectivity index (χ2v) is 4.80. The maximum Gasteiger partial charge on any atom is 0.244 e. The first-order valence-corrected chi connectivity index (χ1v) is 6.52. The number of rotatable bonds is 4. The first kappa shape index (κ1) is 13.7. The molecule has 1 unspecified atom stereocenters. The molecule has 6 nitrogen and oxygen atoms in total. The van der Waals surface area contributed by atoms with Gasteiger partial charge in [0.2, 0.25) is 5.91 Å². The molecule has 0 saturated carbocycles. The van der Waals surface area contributed by atoms with Crippen LogP contribution in [-0.2, 0) is 4.79 Å². The predicted molar refractivity (Wildman–Crippen MR) is 71.3 cm³/mol. The molecule has 19 heavy (non-hydrogen) atoms. The van der Waals surface area contributed by atoms with Crippen molar-refractivity contribution in [1.82, 2.24) is 14.9 Å². The minimum absolute atomic E-state index is 0.00378. The van der Waals surface area contributed by atoms with Gasteiger partial charge in [-0.15, -0.1) is 0 Å². The molecule has 1 aromatic rings. The fraction of sp³-hybridized carbons (Fsp3) is 0.500. The van der Waals surface area contributed by atoms with E-state index in [-0.39, 0.29) is 22.4 Å². The van der Waals surface area contributed by atoms with E-state index in [0.29, 0.717) is 6.29 Å². The highest BCUT2D eigenvalue weighted by Gasteiger charge is 2.24. The van der Waals surface area contributed by atoms with Gasteiger partial charge < -0.3 is 10.2 Å². The van der Waals surface area contributed by atoms with Crippen molar-refractivity contribution < 1.29 is 9.59 Å². The van der Waals surface area contributed by atoms with E-state index in [1.54, 1.807) is 11.8 Å². The summed E-state index contributed by atoms with van der Waals surface area (Å²) in [5.74, 6) is 0.291. The number of carbonyl (C=O) groups is 2. The summed E-state index contributed by atoms with van der Waals surface area (Å²) in [4.78, 5) is 32.6. The number of nitrogens with one attached hydrogen (secondary N) is 1. The third-order valence-corrected chi connectivity index (χ3v) is 3.40. The van der Waals surface area contributed by atoms with Crippen LogP contribution in [0.2, 0.25) is 5.15 Å². The number of hydrogen-bond acceptors (Lipinski definition) is 5. The Labute approximate surface area is 116 Å². The predicted octanol–water partition coefficient (Wildman–Crippen LogP) is 1.37. The van der Waals surface area contributed by atoms with Gasteiger partial charge in [0.05, 0.1) is 5.56 Å². The Morgan fingerprint density at radius 3 is 2.79 bits per heavy atom. The lowest BCUT2D eigenvalue weighted by Crippen LogP contribution is -2.40. The van der Waals surface area contributed by atoms with Crippen molar-refractivity contribution in [2.24, 2.45) is 0 Å². The number of aldehydes is 1. The fourth-order valence-electron chi connectivity index (χ4n) is 2.07. The standard InChI is InChI=1S/C12H15ClN4O2/c1-8(12(19)17-4-2-3-5-17)16-11-9(6-18)10(13)14-7-15-11/h6-8H,2-5H2,1H3,(H,14,15,16). The molecule has 1 atom stereocenters. The van der Waals surface area contributed by atoms with E-state index in [1.165, 1.54) is 6.33 Å². The van der Waals surface area contributed by atoms with Crippen molar-refractivity contribution in [2.45, 2.75) is 25.8 Å². The Kier molecular flexibility index (Phi) is 4.31. The minimum atomic E-state index is -0.456. The second kappa shape index (κ2) is 5.97. The van der Waals surface area contributed by atoms with Gasteiger partial charge in [-0.2, -0.15) is 0 Å². The van der Waals surface area contributed by atoms with Crippen LogP contribution in [0.5, 0.6) is 0 Å². The Bertz CT molecular complexity index is 489. The quantitative estimate of drug-likeness (QED) is 0.667. The summed E-state index contributed by atoms with van der Waals surface area (Å²) < 4.78 is 0. The largest absolute Gasteiger partial charge is 0.358 e. The zero-order valence-corrected chi connectivity index (χ0v) is 11.4.